The van der Waals surface area contributed by atoms with Gasteiger partial charge in [-0.15, -0.1) is 0 Å². The van der Waals surface area contributed by atoms with Crippen LogP contribution in [0.15, 0.2) is 24.3 Å². The van der Waals surface area contributed by atoms with Gasteiger partial charge in [-0.25, -0.2) is 4.79 Å². The molecule has 0 atom stereocenters. The van der Waals surface area contributed by atoms with E-state index in [9.17, 15) is 24.5 Å². The van der Waals surface area contributed by atoms with Crippen LogP contribution in [-0.2, 0) is 4.74 Å². The quantitative estimate of drug-likeness (QED) is 0.449. The lowest BCUT2D eigenvalue weighted by atomic mass is 9.92. The first-order chi connectivity index (χ1) is 13.7. The number of hydrogen-bond donors (Lipinski definition) is 1. The average molecular weight is 400 g/mol. The van der Waals surface area contributed by atoms with E-state index in [4.69, 9.17) is 4.74 Å². The van der Waals surface area contributed by atoms with Crippen LogP contribution in [0.5, 0.6) is 0 Å². The average Bonchev–Trinajstić information content (AvgIpc) is 2.65. The van der Waals surface area contributed by atoms with E-state index in [1.807, 2.05) is 4.90 Å². The summed E-state index contributed by atoms with van der Waals surface area (Å²) in [5.41, 5.74) is 0.248. The lowest BCUT2D eigenvalue weighted by molar-refractivity contribution is -0.384. The van der Waals surface area contributed by atoms with Crippen molar-refractivity contribution in [1.82, 2.24) is 9.80 Å². The molecule has 10 heteroatoms. The van der Waals surface area contributed by atoms with E-state index in [0.29, 0.717) is 17.3 Å². The van der Waals surface area contributed by atoms with Gasteiger partial charge in [-0.3, -0.25) is 29.9 Å². The summed E-state index contributed by atoms with van der Waals surface area (Å²) >= 11 is 0. The molecule has 1 heterocycles. The fourth-order valence-electron chi connectivity index (χ4n) is 3.19. The zero-order chi connectivity index (χ0) is 21.3. The number of nitrogens with zero attached hydrogens (tertiary/aromatic N) is 3. The van der Waals surface area contributed by atoms with Crippen LogP contribution in [0.1, 0.15) is 27.6 Å². The van der Waals surface area contributed by atoms with E-state index >= 15 is 0 Å². The minimum Gasteiger partial charge on any atom is -0.450 e. The van der Waals surface area contributed by atoms with Gasteiger partial charge in [0, 0.05) is 36.3 Å². The first kappa shape index (κ1) is 20.2. The molecule has 1 aliphatic heterocycles. The second-order valence-corrected chi connectivity index (χ2v) is 6.78. The van der Waals surface area contributed by atoms with Gasteiger partial charge in [0.05, 0.1) is 22.7 Å². The van der Waals surface area contributed by atoms with Gasteiger partial charge in [0.25, 0.3) is 17.5 Å². The fourth-order valence-corrected chi connectivity index (χ4v) is 3.19. The zero-order valence-corrected chi connectivity index (χ0v) is 16.2. The summed E-state index contributed by atoms with van der Waals surface area (Å²) in [6, 6.07) is 5.38. The highest BCUT2D eigenvalue weighted by atomic mass is 16.6. The Morgan fingerprint density at radius 3 is 2.41 bits per heavy atom. The van der Waals surface area contributed by atoms with Gasteiger partial charge in [0.2, 0.25) is 0 Å². The molecule has 10 nitrogen and oxygen atoms in total. The predicted molar refractivity (Wildman–Crippen MR) is 105 cm³/mol. The van der Waals surface area contributed by atoms with Gasteiger partial charge >= 0.3 is 6.09 Å². The maximum Gasteiger partial charge on any atom is 0.411 e. The Kier molecular flexibility index (Phi) is 5.46. The van der Waals surface area contributed by atoms with Crippen LogP contribution in [-0.4, -0.2) is 66.4 Å². The Labute approximate surface area is 166 Å². The number of nitrogens with one attached hydrogen (secondary N) is 1. The molecule has 0 radical (unpaired) electrons. The maximum absolute atomic E-state index is 13.0. The lowest BCUT2D eigenvalue weighted by Crippen LogP contribution is -2.43. The smallest absolute Gasteiger partial charge is 0.411 e. The number of nitro groups is 1. The summed E-state index contributed by atoms with van der Waals surface area (Å²) in [5.74, 6) is -1.10. The Balaban J connectivity index is 2.18. The Bertz CT molecular complexity index is 1030. The molecule has 0 fully saturated rings. The first-order valence-corrected chi connectivity index (χ1v) is 8.93. The molecule has 0 spiro atoms. The molecule has 0 aromatic heterocycles. The second kappa shape index (κ2) is 7.84. The fraction of sp³-hybridized carbons (Fsp3) is 0.316. The summed E-state index contributed by atoms with van der Waals surface area (Å²) in [4.78, 5) is 51.4. The minimum absolute atomic E-state index is 0.0882. The molecule has 0 bridgehead atoms. The molecule has 152 valence electrons. The van der Waals surface area contributed by atoms with E-state index in [1.165, 1.54) is 24.3 Å². The number of amides is 3. The van der Waals surface area contributed by atoms with Crippen LogP contribution < -0.4 is 5.32 Å². The van der Waals surface area contributed by atoms with Crippen LogP contribution in [0, 0.1) is 10.1 Å². The van der Waals surface area contributed by atoms with E-state index in [2.05, 4.69) is 5.32 Å². The first-order valence-electron chi connectivity index (χ1n) is 8.93. The summed E-state index contributed by atoms with van der Waals surface area (Å²) < 4.78 is 4.85. The highest BCUT2D eigenvalue weighted by Crippen LogP contribution is 2.35. The molecule has 0 saturated heterocycles. The standard InChI is InChI=1S/C19H20N4O6/c1-4-29-19(26)20-12-7-11-8-13(23(27)28)10-15-16(11)14(9-12)17(24)22(18(15)25)6-5-21(2)3/h7-10H,4-6H2,1-3H3,(H,20,26). The number of rotatable bonds is 6. The number of hydrogen-bond acceptors (Lipinski definition) is 7. The number of carbonyl (C=O) groups is 3. The molecule has 1 aliphatic rings. The van der Waals surface area contributed by atoms with Crippen molar-refractivity contribution >= 4 is 40.1 Å². The van der Waals surface area contributed by atoms with Gasteiger partial charge in [-0.2, -0.15) is 0 Å². The largest absolute Gasteiger partial charge is 0.450 e. The molecule has 3 rings (SSSR count). The van der Waals surface area contributed by atoms with Crippen LogP contribution in [0.25, 0.3) is 10.8 Å². The van der Waals surface area contributed by atoms with Crippen LogP contribution in [0.2, 0.25) is 0 Å². The minimum atomic E-state index is -0.714. The molecule has 0 unspecified atom stereocenters. The molecule has 29 heavy (non-hydrogen) atoms. The summed E-state index contributed by atoms with van der Waals surface area (Å²) in [6.07, 6.45) is -0.714. The van der Waals surface area contributed by atoms with Crippen molar-refractivity contribution in [3.05, 3.63) is 45.5 Å². The SMILES string of the molecule is CCOC(=O)Nc1cc2c3c(cc([N+](=O)[O-])cc3c1)C(=O)N(CCN(C)C)C2=O. The van der Waals surface area contributed by atoms with Crippen molar-refractivity contribution in [2.45, 2.75) is 6.92 Å². The van der Waals surface area contributed by atoms with E-state index < -0.39 is 22.8 Å². The van der Waals surface area contributed by atoms with Gasteiger partial charge in [0.15, 0.2) is 0 Å². The number of benzene rings is 2. The number of likely N-dealkylation sites (N-methyl/N-ethyl adjacent to an activating group) is 1. The molecule has 0 aliphatic carbocycles. The molecule has 3 amide bonds. The Morgan fingerprint density at radius 2 is 1.83 bits per heavy atom. The summed E-state index contributed by atoms with van der Waals surface area (Å²) in [6.45, 7) is 2.38. The number of nitro benzene ring substituents is 1. The van der Waals surface area contributed by atoms with Gasteiger partial charge < -0.3 is 9.64 Å². The number of non-ortho nitro benzene ring substituents is 1. The second-order valence-electron chi connectivity index (χ2n) is 6.78. The zero-order valence-electron chi connectivity index (χ0n) is 16.2. The highest BCUT2D eigenvalue weighted by Gasteiger charge is 2.34. The third-order valence-electron chi connectivity index (χ3n) is 4.49. The topological polar surface area (TPSA) is 122 Å². The van der Waals surface area contributed by atoms with Crippen LogP contribution in [0.3, 0.4) is 0 Å². The van der Waals surface area contributed by atoms with Crippen molar-refractivity contribution in [2.24, 2.45) is 0 Å². The number of ether oxygens (including phenoxy) is 1. The highest BCUT2D eigenvalue weighted by molar-refractivity contribution is 6.26. The summed E-state index contributed by atoms with van der Waals surface area (Å²) in [7, 11) is 3.61. The molecular weight excluding hydrogens is 380 g/mol. The van der Waals surface area contributed by atoms with Crippen molar-refractivity contribution in [3.63, 3.8) is 0 Å². The molecule has 0 saturated carbocycles. The molecular formula is C19H20N4O6. The number of imide groups is 1. The van der Waals surface area contributed by atoms with Crippen LogP contribution in [0.4, 0.5) is 16.2 Å². The van der Waals surface area contributed by atoms with Gasteiger partial charge in [-0.1, -0.05) is 0 Å². The molecule has 1 N–H and O–H groups in total. The van der Waals surface area contributed by atoms with E-state index in [1.54, 1.807) is 21.0 Å². The van der Waals surface area contributed by atoms with Crippen LogP contribution >= 0.6 is 0 Å². The molecule has 2 aromatic rings. The number of anilines is 1. The molecule has 2 aromatic carbocycles. The van der Waals surface area contributed by atoms with Gasteiger partial charge in [0.1, 0.15) is 0 Å². The van der Waals surface area contributed by atoms with E-state index in [-0.39, 0.29) is 35.7 Å². The summed E-state index contributed by atoms with van der Waals surface area (Å²) in [5, 5.41) is 14.5. The third-order valence-corrected chi connectivity index (χ3v) is 4.49. The monoisotopic (exact) mass is 400 g/mol. The Hall–Kier alpha value is -3.53. The predicted octanol–water partition coefficient (Wildman–Crippen LogP) is 2.47. The normalized spacial score (nSPS) is 13.2. The van der Waals surface area contributed by atoms with Crippen molar-refractivity contribution in [1.29, 1.82) is 0 Å². The van der Waals surface area contributed by atoms with E-state index in [0.717, 1.165) is 4.90 Å². The van der Waals surface area contributed by atoms with Crippen molar-refractivity contribution in [3.8, 4) is 0 Å². The lowest BCUT2D eigenvalue weighted by Gasteiger charge is -2.28. The maximum atomic E-state index is 13.0. The Morgan fingerprint density at radius 1 is 1.17 bits per heavy atom. The number of carbonyl (C=O) groups excluding carboxylic acids is 3. The van der Waals surface area contributed by atoms with Gasteiger partial charge in [-0.05, 0) is 38.5 Å². The van der Waals surface area contributed by atoms with Crippen molar-refractivity contribution in [2.75, 3.05) is 39.1 Å². The van der Waals surface area contributed by atoms with Crippen molar-refractivity contribution < 1.29 is 24.0 Å². The third kappa shape index (κ3) is 3.87.